The van der Waals surface area contributed by atoms with Gasteiger partial charge in [0, 0.05) is 6.42 Å². The Labute approximate surface area is 86.8 Å². The van der Waals surface area contributed by atoms with Crippen LogP contribution >= 0.6 is 11.8 Å². The van der Waals surface area contributed by atoms with Crippen molar-refractivity contribution in [2.75, 3.05) is 12.3 Å². The predicted molar refractivity (Wildman–Crippen MR) is 53.4 cm³/mol. The van der Waals surface area contributed by atoms with E-state index < -0.39 is 12.6 Å². The molecule has 0 spiro atoms. The van der Waals surface area contributed by atoms with Crippen LogP contribution in [0.4, 0.5) is 13.2 Å². The van der Waals surface area contributed by atoms with Gasteiger partial charge < -0.3 is 5.32 Å². The molecule has 0 aromatic rings. The molecule has 1 heterocycles. The molecule has 1 nitrogen and oxygen atoms in total. The first-order valence-electron chi connectivity index (χ1n) is 4.87. The molecule has 1 aliphatic rings. The highest BCUT2D eigenvalue weighted by Gasteiger charge is 2.31. The zero-order valence-electron chi connectivity index (χ0n) is 8.28. The van der Waals surface area contributed by atoms with Crippen molar-refractivity contribution in [2.45, 2.75) is 43.7 Å². The van der Waals surface area contributed by atoms with Crippen LogP contribution in [0.15, 0.2) is 0 Å². The van der Waals surface area contributed by atoms with E-state index in [0.717, 1.165) is 18.7 Å². The first kappa shape index (κ1) is 12.2. The van der Waals surface area contributed by atoms with Gasteiger partial charge in [-0.1, -0.05) is 0 Å². The number of halogens is 3. The van der Waals surface area contributed by atoms with E-state index in [0.29, 0.717) is 6.42 Å². The maximum Gasteiger partial charge on any atom is 0.389 e. The summed E-state index contributed by atoms with van der Waals surface area (Å²) in [5.41, 5.74) is 0. The summed E-state index contributed by atoms with van der Waals surface area (Å²) >= 11 is 1.74. The second kappa shape index (κ2) is 4.75. The highest BCUT2D eigenvalue weighted by molar-refractivity contribution is 8.00. The fourth-order valence-corrected chi connectivity index (χ4v) is 2.79. The van der Waals surface area contributed by atoms with Gasteiger partial charge in [0.05, 0.1) is 4.87 Å². The fourth-order valence-electron chi connectivity index (χ4n) is 1.56. The average Bonchev–Trinajstić information content (AvgIpc) is 2.02. The summed E-state index contributed by atoms with van der Waals surface area (Å²) in [6, 6.07) is 0. The molecule has 84 valence electrons. The molecule has 1 N–H and O–H groups in total. The Hall–Kier alpha value is 0.100. The van der Waals surface area contributed by atoms with Crippen molar-refractivity contribution < 1.29 is 13.2 Å². The van der Waals surface area contributed by atoms with Gasteiger partial charge in [0.25, 0.3) is 0 Å². The molecule has 0 amide bonds. The molecule has 1 unspecified atom stereocenters. The first-order chi connectivity index (χ1) is 6.41. The van der Waals surface area contributed by atoms with Crippen molar-refractivity contribution in [3.05, 3.63) is 0 Å². The Morgan fingerprint density at radius 1 is 1.43 bits per heavy atom. The van der Waals surface area contributed by atoms with Gasteiger partial charge in [-0.15, -0.1) is 11.8 Å². The van der Waals surface area contributed by atoms with Crippen LogP contribution in [0.3, 0.4) is 0 Å². The minimum Gasteiger partial charge on any atom is -0.303 e. The molecule has 1 atom stereocenters. The minimum absolute atomic E-state index is 0.135. The Bertz CT molecular complexity index is 175. The second-order valence-corrected chi connectivity index (χ2v) is 5.43. The van der Waals surface area contributed by atoms with Crippen LogP contribution in [-0.4, -0.2) is 23.3 Å². The predicted octanol–water partition coefficient (Wildman–Crippen LogP) is 3.16. The van der Waals surface area contributed by atoms with Crippen LogP contribution in [0.1, 0.15) is 32.6 Å². The Kier molecular flexibility index (Phi) is 4.13. The largest absolute Gasteiger partial charge is 0.389 e. The number of thioether (sulfide) groups is 1. The average molecular weight is 227 g/mol. The lowest BCUT2D eigenvalue weighted by Crippen LogP contribution is -2.43. The third kappa shape index (κ3) is 4.55. The van der Waals surface area contributed by atoms with Crippen molar-refractivity contribution >= 4 is 11.8 Å². The molecular weight excluding hydrogens is 211 g/mol. The summed E-state index contributed by atoms with van der Waals surface area (Å²) in [5, 5.41) is 3.28. The third-order valence-corrected chi connectivity index (χ3v) is 3.83. The summed E-state index contributed by atoms with van der Waals surface area (Å²) in [6.45, 7) is 2.92. The molecule has 0 aromatic heterocycles. The van der Waals surface area contributed by atoms with E-state index in [9.17, 15) is 13.2 Å². The summed E-state index contributed by atoms with van der Waals surface area (Å²) in [5.74, 6) is 1.05. The zero-order valence-corrected chi connectivity index (χ0v) is 9.10. The molecule has 1 fully saturated rings. The lowest BCUT2D eigenvalue weighted by atomic mass is 10.1. The van der Waals surface area contributed by atoms with E-state index in [4.69, 9.17) is 0 Å². The minimum atomic E-state index is -4.00. The molecular formula is C9H16F3NS. The van der Waals surface area contributed by atoms with Crippen LogP contribution in [0, 0.1) is 0 Å². The van der Waals surface area contributed by atoms with E-state index in [1.165, 1.54) is 0 Å². The number of rotatable bonds is 3. The number of nitrogens with one attached hydrogen (secondary N) is 1. The van der Waals surface area contributed by atoms with Crippen LogP contribution < -0.4 is 5.32 Å². The monoisotopic (exact) mass is 227 g/mol. The summed E-state index contributed by atoms with van der Waals surface area (Å²) < 4.78 is 35.7. The van der Waals surface area contributed by atoms with Gasteiger partial charge in [-0.2, -0.15) is 13.2 Å². The van der Waals surface area contributed by atoms with Crippen LogP contribution in [0.25, 0.3) is 0 Å². The van der Waals surface area contributed by atoms with Gasteiger partial charge in [-0.3, -0.25) is 0 Å². The van der Waals surface area contributed by atoms with Gasteiger partial charge in [0.15, 0.2) is 0 Å². The fraction of sp³-hybridized carbons (Fsp3) is 1.00. The van der Waals surface area contributed by atoms with Crippen molar-refractivity contribution in [1.29, 1.82) is 0 Å². The van der Waals surface area contributed by atoms with Crippen molar-refractivity contribution in [3.8, 4) is 0 Å². The van der Waals surface area contributed by atoms with Crippen molar-refractivity contribution in [3.63, 3.8) is 0 Å². The summed E-state index contributed by atoms with van der Waals surface area (Å²) in [6.07, 6.45) is -2.74. The normalized spacial score (nSPS) is 29.1. The first-order valence-corrected chi connectivity index (χ1v) is 5.86. The van der Waals surface area contributed by atoms with E-state index in [-0.39, 0.29) is 11.3 Å². The van der Waals surface area contributed by atoms with E-state index in [1.54, 1.807) is 11.8 Å². The third-order valence-electron chi connectivity index (χ3n) is 2.35. The molecule has 1 aliphatic heterocycles. The van der Waals surface area contributed by atoms with Crippen LogP contribution in [0.5, 0.6) is 0 Å². The van der Waals surface area contributed by atoms with Crippen molar-refractivity contribution in [1.82, 2.24) is 5.32 Å². The maximum absolute atomic E-state index is 11.9. The van der Waals surface area contributed by atoms with Crippen LogP contribution in [-0.2, 0) is 0 Å². The summed E-state index contributed by atoms with van der Waals surface area (Å²) in [4.78, 5) is -0.135. The highest BCUT2D eigenvalue weighted by Crippen LogP contribution is 2.33. The van der Waals surface area contributed by atoms with Crippen molar-refractivity contribution in [2.24, 2.45) is 0 Å². The van der Waals surface area contributed by atoms with Gasteiger partial charge >= 0.3 is 6.18 Å². The topological polar surface area (TPSA) is 12.0 Å². The van der Waals surface area contributed by atoms with E-state index in [2.05, 4.69) is 5.32 Å². The van der Waals surface area contributed by atoms with Gasteiger partial charge in [-0.05, 0) is 38.5 Å². The van der Waals surface area contributed by atoms with E-state index in [1.807, 2.05) is 6.92 Å². The quantitative estimate of drug-likeness (QED) is 0.794. The lowest BCUT2D eigenvalue weighted by Gasteiger charge is -2.34. The Balaban J connectivity index is 2.22. The second-order valence-electron chi connectivity index (χ2n) is 3.83. The number of hydrogen-bond acceptors (Lipinski definition) is 2. The lowest BCUT2D eigenvalue weighted by molar-refractivity contribution is -0.135. The van der Waals surface area contributed by atoms with Gasteiger partial charge in [0.1, 0.15) is 0 Å². The SMILES string of the molecule is CC1(CCCC(F)(F)F)NCCCS1. The highest BCUT2D eigenvalue weighted by atomic mass is 32.2. The molecule has 0 aliphatic carbocycles. The van der Waals surface area contributed by atoms with Gasteiger partial charge in [0.2, 0.25) is 0 Å². The molecule has 0 aromatic carbocycles. The molecule has 0 bridgehead atoms. The molecule has 14 heavy (non-hydrogen) atoms. The number of hydrogen-bond donors (Lipinski definition) is 1. The Morgan fingerprint density at radius 3 is 2.64 bits per heavy atom. The van der Waals surface area contributed by atoms with Gasteiger partial charge in [-0.25, -0.2) is 0 Å². The number of alkyl halides is 3. The maximum atomic E-state index is 11.9. The van der Waals surface area contributed by atoms with Crippen LogP contribution in [0.2, 0.25) is 0 Å². The zero-order chi connectivity index (χ0) is 10.7. The molecule has 0 radical (unpaired) electrons. The standard InChI is InChI=1S/C9H16F3NS/c1-8(13-6-3-7-14-8)4-2-5-9(10,11)12/h13H,2-7H2,1H3. The Morgan fingerprint density at radius 2 is 2.14 bits per heavy atom. The smallest absolute Gasteiger partial charge is 0.303 e. The molecule has 1 rings (SSSR count). The molecule has 5 heteroatoms. The molecule has 1 saturated heterocycles. The summed E-state index contributed by atoms with van der Waals surface area (Å²) in [7, 11) is 0. The molecule has 0 saturated carbocycles. The van der Waals surface area contributed by atoms with E-state index >= 15 is 0 Å².